The maximum absolute atomic E-state index is 10.9. The Morgan fingerprint density at radius 3 is 3.16 bits per heavy atom. The zero-order valence-corrected chi connectivity index (χ0v) is 10.1. The number of fused-ring (bicyclic) bond motifs is 3. The van der Waals surface area contributed by atoms with Gasteiger partial charge in [0.25, 0.3) is 5.69 Å². The summed E-state index contributed by atoms with van der Waals surface area (Å²) in [6.45, 7) is 2.99. The number of ether oxygens (including phenoxy) is 1. The second-order valence-electron chi connectivity index (χ2n) is 4.57. The van der Waals surface area contributed by atoms with Gasteiger partial charge in [-0.1, -0.05) is 0 Å². The first-order valence-electron chi connectivity index (χ1n) is 6.03. The molecule has 0 unspecified atom stereocenters. The minimum absolute atomic E-state index is 0.0755. The van der Waals surface area contributed by atoms with Crippen molar-refractivity contribution in [1.82, 2.24) is 5.32 Å². The third-order valence-electron chi connectivity index (χ3n) is 3.49. The quantitative estimate of drug-likeness (QED) is 0.588. The van der Waals surface area contributed by atoms with Crippen LogP contribution in [0.1, 0.15) is 5.56 Å². The van der Waals surface area contributed by atoms with Crippen molar-refractivity contribution in [2.45, 2.75) is 6.04 Å². The summed E-state index contributed by atoms with van der Waals surface area (Å²) in [6.07, 6.45) is 0. The average molecular weight is 260 g/mol. The van der Waals surface area contributed by atoms with E-state index < -0.39 is 4.92 Å². The molecule has 1 fully saturated rings. The molecule has 0 aromatic heterocycles. The Balaban J connectivity index is 2.09. The number of rotatable bonds is 1. The van der Waals surface area contributed by atoms with Gasteiger partial charge < -0.3 is 15.0 Å². The predicted octanol–water partition coefficient (Wildman–Crippen LogP) is 0.637. The lowest BCUT2D eigenvalue weighted by Crippen LogP contribution is -2.55. The Bertz CT molecular complexity index is 581. The van der Waals surface area contributed by atoms with Crippen molar-refractivity contribution < 1.29 is 9.66 Å². The molecule has 3 rings (SSSR count). The minimum atomic E-state index is -0.550. The van der Waals surface area contributed by atoms with E-state index in [0.717, 1.165) is 25.3 Å². The second-order valence-corrected chi connectivity index (χ2v) is 4.57. The Hall–Kier alpha value is -2.33. The number of nitro groups is 1. The predicted molar refractivity (Wildman–Crippen MR) is 67.3 cm³/mol. The molecule has 2 aliphatic rings. The molecule has 1 atom stereocenters. The van der Waals surface area contributed by atoms with E-state index in [2.05, 4.69) is 10.2 Å². The molecule has 0 saturated carbocycles. The van der Waals surface area contributed by atoms with E-state index in [-0.39, 0.29) is 17.3 Å². The van der Waals surface area contributed by atoms with E-state index in [0.29, 0.717) is 12.4 Å². The molecule has 1 aromatic carbocycles. The molecule has 98 valence electrons. The number of hydrogen-bond donors (Lipinski definition) is 1. The van der Waals surface area contributed by atoms with Crippen LogP contribution in [0, 0.1) is 21.4 Å². The van der Waals surface area contributed by atoms with Crippen LogP contribution in [-0.4, -0.2) is 37.2 Å². The van der Waals surface area contributed by atoms with E-state index in [4.69, 9.17) is 10.00 Å². The minimum Gasteiger partial charge on any atom is -0.489 e. The van der Waals surface area contributed by atoms with Crippen LogP contribution in [-0.2, 0) is 0 Å². The molecular weight excluding hydrogens is 248 g/mol. The van der Waals surface area contributed by atoms with Gasteiger partial charge in [0.2, 0.25) is 0 Å². The molecule has 1 saturated heterocycles. The monoisotopic (exact) mass is 260 g/mol. The fraction of sp³-hybridized carbons (Fsp3) is 0.417. The fourth-order valence-corrected chi connectivity index (χ4v) is 2.55. The summed E-state index contributed by atoms with van der Waals surface area (Å²) in [6, 6.07) is 5.01. The average Bonchev–Trinajstić information content (AvgIpc) is 2.45. The number of anilines is 1. The highest BCUT2D eigenvalue weighted by molar-refractivity contribution is 5.69. The molecule has 1 N–H and O–H groups in total. The lowest BCUT2D eigenvalue weighted by atomic mass is 10.1. The second kappa shape index (κ2) is 4.40. The zero-order valence-electron chi connectivity index (χ0n) is 10.1. The molecule has 0 bridgehead atoms. The van der Waals surface area contributed by atoms with Crippen molar-refractivity contribution in [2.24, 2.45) is 0 Å². The number of nitrogens with one attached hydrogen (secondary N) is 1. The Kier molecular flexibility index (Phi) is 2.72. The van der Waals surface area contributed by atoms with Crippen molar-refractivity contribution in [1.29, 1.82) is 5.26 Å². The summed E-state index contributed by atoms with van der Waals surface area (Å²) in [5.74, 6) is 0.490. The Morgan fingerprint density at radius 2 is 2.42 bits per heavy atom. The van der Waals surface area contributed by atoms with Crippen LogP contribution in [0.25, 0.3) is 0 Å². The van der Waals surface area contributed by atoms with Crippen LogP contribution in [0.4, 0.5) is 11.4 Å². The van der Waals surface area contributed by atoms with Crippen molar-refractivity contribution in [3.8, 4) is 11.8 Å². The highest BCUT2D eigenvalue weighted by atomic mass is 16.6. The van der Waals surface area contributed by atoms with E-state index in [9.17, 15) is 10.1 Å². The largest absolute Gasteiger partial charge is 0.489 e. The van der Waals surface area contributed by atoms with E-state index >= 15 is 0 Å². The molecule has 7 heteroatoms. The Labute approximate surface area is 109 Å². The Morgan fingerprint density at radius 1 is 1.58 bits per heavy atom. The maximum Gasteiger partial charge on any atom is 0.290 e. The molecule has 0 spiro atoms. The molecule has 0 radical (unpaired) electrons. The number of nitrogens with zero attached hydrogens (tertiary/aromatic N) is 3. The number of nitriles is 1. The van der Waals surface area contributed by atoms with Gasteiger partial charge in [0, 0.05) is 19.6 Å². The van der Waals surface area contributed by atoms with Gasteiger partial charge in [-0.25, -0.2) is 0 Å². The third-order valence-corrected chi connectivity index (χ3v) is 3.49. The lowest BCUT2D eigenvalue weighted by Gasteiger charge is -2.41. The highest BCUT2D eigenvalue weighted by Gasteiger charge is 2.32. The summed E-state index contributed by atoms with van der Waals surface area (Å²) in [5.41, 5.74) is 0.654. The normalized spacial score (nSPS) is 20.8. The van der Waals surface area contributed by atoms with Crippen molar-refractivity contribution in [2.75, 3.05) is 31.1 Å². The first kappa shape index (κ1) is 11.7. The summed E-state index contributed by atoms with van der Waals surface area (Å²) in [4.78, 5) is 12.5. The van der Waals surface area contributed by atoms with Crippen LogP contribution in [0.2, 0.25) is 0 Å². The summed E-state index contributed by atoms with van der Waals surface area (Å²) in [5, 5.41) is 23.2. The van der Waals surface area contributed by atoms with Gasteiger partial charge in [-0.3, -0.25) is 10.1 Å². The summed E-state index contributed by atoms with van der Waals surface area (Å²) >= 11 is 0. The zero-order chi connectivity index (χ0) is 13.4. The molecule has 0 aliphatic carbocycles. The first-order chi connectivity index (χ1) is 9.20. The SMILES string of the molecule is N#Cc1cc2c(cc1[N+](=O)[O-])OC[C@@H]1CNCCN21. The lowest BCUT2D eigenvalue weighted by molar-refractivity contribution is -0.385. The van der Waals surface area contributed by atoms with Crippen LogP contribution in [0.3, 0.4) is 0 Å². The summed E-state index contributed by atoms with van der Waals surface area (Å²) < 4.78 is 5.59. The first-order valence-corrected chi connectivity index (χ1v) is 6.03. The third kappa shape index (κ3) is 1.86. The van der Waals surface area contributed by atoms with Gasteiger partial charge in [-0.2, -0.15) is 5.26 Å². The molecule has 2 heterocycles. The molecule has 7 nitrogen and oxygen atoms in total. The molecule has 19 heavy (non-hydrogen) atoms. The van der Waals surface area contributed by atoms with E-state index in [1.807, 2.05) is 6.07 Å². The fourth-order valence-electron chi connectivity index (χ4n) is 2.55. The van der Waals surface area contributed by atoms with E-state index in [1.165, 1.54) is 6.07 Å². The number of hydrogen-bond acceptors (Lipinski definition) is 6. The van der Waals surface area contributed by atoms with Gasteiger partial charge >= 0.3 is 0 Å². The van der Waals surface area contributed by atoms with Gasteiger partial charge in [-0.15, -0.1) is 0 Å². The summed E-state index contributed by atoms with van der Waals surface area (Å²) in [7, 11) is 0. The molecular formula is C12H12N4O3. The molecule has 0 amide bonds. The van der Waals surface area contributed by atoms with Gasteiger partial charge in [-0.05, 0) is 6.07 Å². The van der Waals surface area contributed by atoms with E-state index in [1.54, 1.807) is 6.07 Å². The highest BCUT2D eigenvalue weighted by Crippen LogP contribution is 2.39. The standard InChI is InChI=1S/C12H12N4O3/c13-5-8-3-11-12(4-10(8)16(17)18)19-7-9-6-14-1-2-15(9)11/h3-4,9,14H,1-2,6-7H2/t9-/m0/s1. The maximum atomic E-state index is 10.9. The van der Waals surface area contributed by atoms with Crippen molar-refractivity contribution in [3.05, 3.63) is 27.8 Å². The number of benzene rings is 1. The number of nitro benzene ring substituents is 1. The van der Waals surface area contributed by atoms with Crippen LogP contribution in [0.5, 0.6) is 5.75 Å². The van der Waals surface area contributed by atoms with Crippen molar-refractivity contribution >= 4 is 11.4 Å². The van der Waals surface area contributed by atoms with Gasteiger partial charge in [0.1, 0.15) is 24.0 Å². The van der Waals surface area contributed by atoms with Crippen LogP contribution < -0.4 is 15.0 Å². The molecule has 1 aromatic rings. The number of piperazine rings is 1. The van der Waals surface area contributed by atoms with Gasteiger partial charge in [0.05, 0.1) is 22.7 Å². The van der Waals surface area contributed by atoms with Crippen LogP contribution >= 0.6 is 0 Å². The van der Waals surface area contributed by atoms with Crippen molar-refractivity contribution in [3.63, 3.8) is 0 Å². The molecule has 2 aliphatic heterocycles. The smallest absolute Gasteiger partial charge is 0.290 e. The van der Waals surface area contributed by atoms with Gasteiger partial charge in [0.15, 0.2) is 0 Å². The van der Waals surface area contributed by atoms with Crippen LogP contribution in [0.15, 0.2) is 12.1 Å². The topological polar surface area (TPSA) is 91.4 Å².